The van der Waals surface area contributed by atoms with E-state index in [2.05, 4.69) is 24.3 Å². The van der Waals surface area contributed by atoms with Crippen molar-refractivity contribution in [2.45, 2.75) is 25.2 Å². The first-order valence-corrected chi connectivity index (χ1v) is 10.5. The maximum atomic E-state index is 12.7. The average Bonchev–Trinajstić information content (AvgIpc) is 3.50. The van der Waals surface area contributed by atoms with Crippen LogP contribution in [-0.4, -0.2) is 41.8 Å². The summed E-state index contributed by atoms with van der Waals surface area (Å²) >= 11 is 0. The molecule has 1 heterocycles. The van der Waals surface area contributed by atoms with E-state index in [9.17, 15) is 9.59 Å². The molecular formula is C24H25NO4. The molecule has 0 radical (unpaired) electrons. The number of fused-ring (bicyclic) bond motifs is 3. The Morgan fingerprint density at radius 3 is 2.10 bits per heavy atom. The Balaban J connectivity index is 1.19. The van der Waals surface area contributed by atoms with Crippen molar-refractivity contribution in [3.05, 3.63) is 59.7 Å². The van der Waals surface area contributed by atoms with E-state index < -0.39 is 5.97 Å². The highest BCUT2D eigenvalue weighted by Crippen LogP contribution is 2.48. The highest BCUT2D eigenvalue weighted by molar-refractivity contribution is 5.79. The van der Waals surface area contributed by atoms with Gasteiger partial charge in [-0.05, 0) is 53.4 Å². The lowest BCUT2D eigenvalue weighted by Crippen LogP contribution is -2.39. The van der Waals surface area contributed by atoms with Crippen LogP contribution in [0.2, 0.25) is 0 Å². The molecule has 2 fully saturated rings. The second-order valence-electron chi connectivity index (χ2n) is 8.47. The Morgan fingerprint density at radius 1 is 0.966 bits per heavy atom. The summed E-state index contributed by atoms with van der Waals surface area (Å²) in [5, 5.41) is 9.12. The molecule has 1 aliphatic heterocycles. The van der Waals surface area contributed by atoms with E-state index in [1.54, 1.807) is 4.90 Å². The Hall–Kier alpha value is -2.82. The van der Waals surface area contributed by atoms with Crippen LogP contribution in [0.25, 0.3) is 11.1 Å². The van der Waals surface area contributed by atoms with Crippen molar-refractivity contribution in [1.82, 2.24) is 4.90 Å². The zero-order chi connectivity index (χ0) is 20.0. The lowest BCUT2D eigenvalue weighted by Gasteiger charge is -2.31. The lowest BCUT2D eigenvalue weighted by atomic mass is 9.91. The van der Waals surface area contributed by atoms with Gasteiger partial charge in [0.25, 0.3) is 0 Å². The number of carbonyl (C=O) groups excluding carboxylic acids is 1. The van der Waals surface area contributed by atoms with Gasteiger partial charge in [0.15, 0.2) is 0 Å². The van der Waals surface area contributed by atoms with Gasteiger partial charge in [0.1, 0.15) is 6.61 Å². The third-order valence-corrected chi connectivity index (χ3v) is 6.90. The molecule has 2 aliphatic carbocycles. The quantitative estimate of drug-likeness (QED) is 0.841. The van der Waals surface area contributed by atoms with Crippen LogP contribution in [0, 0.1) is 17.8 Å². The number of carbonyl (C=O) groups is 2. The van der Waals surface area contributed by atoms with Crippen molar-refractivity contribution in [3.63, 3.8) is 0 Å². The monoisotopic (exact) mass is 391 g/mol. The molecule has 2 aromatic carbocycles. The van der Waals surface area contributed by atoms with Gasteiger partial charge in [0.05, 0.1) is 5.92 Å². The Morgan fingerprint density at radius 2 is 1.55 bits per heavy atom. The lowest BCUT2D eigenvalue weighted by molar-refractivity contribution is -0.139. The molecule has 1 saturated heterocycles. The summed E-state index contributed by atoms with van der Waals surface area (Å²) in [4.78, 5) is 25.5. The minimum atomic E-state index is -0.672. The van der Waals surface area contributed by atoms with Crippen molar-refractivity contribution in [2.24, 2.45) is 17.8 Å². The number of amides is 1. The van der Waals surface area contributed by atoms with Gasteiger partial charge in [-0.3, -0.25) is 4.79 Å². The van der Waals surface area contributed by atoms with E-state index >= 15 is 0 Å². The highest BCUT2D eigenvalue weighted by atomic mass is 16.6. The zero-order valence-corrected chi connectivity index (χ0v) is 16.3. The number of aliphatic carboxylic acids is 1. The van der Waals surface area contributed by atoms with Gasteiger partial charge in [0, 0.05) is 19.0 Å². The Labute approximate surface area is 170 Å². The van der Waals surface area contributed by atoms with E-state index in [-0.39, 0.29) is 17.9 Å². The SMILES string of the molecule is O=C(O)C1CC1C1CCN(C(=O)OCC2c3ccccc3-c3ccccc32)CC1. The number of rotatable bonds is 4. The molecule has 2 unspecified atom stereocenters. The molecule has 2 atom stereocenters. The zero-order valence-electron chi connectivity index (χ0n) is 16.3. The van der Waals surface area contributed by atoms with Gasteiger partial charge in [-0.2, -0.15) is 0 Å². The maximum absolute atomic E-state index is 12.7. The smallest absolute Gasteiger partial charge is 0.409 e. The molecule has 1 amide bonds. The number of ether oxygens (including phenoxy) is 1. The fraction of sp³-hybridized carbons (Fsp3) is 0.417. The summed E-state index contributed by atoms with van der Waals surface area (Å²) in [6.45, 7) is 1.66. The van der Waals surface area contributed by atoms with Crippen molar-refractivity contribution in [1.29, 1.82) is 0 Å². The first kappa shape index (κ1) is 18.2. The molecule has 5 nitrogen and oxygen atoms in total. The van der Waals surface area contributed by atoms with E-state index in [4.69, 9.17) is 9.84 Å². The van der Waals surface area contributed by atoms with E-state index in [0.29, 0.717) is 31.5 Å². The third-order valence-electron chi connectivity index (χ3n) is 6.90. The minimum Gasteiger partial charge on any atom is -0.481 e. The Kier molecular flexibility index (Phi) is 4.53. The fourth-order valence-electron chi connectivity index (χ4n) is 5.22. The summed E-state index contributed by atoms with van der Waals surface area (Å²) in [5.74, 6) is -0.0347. The predicted molar refractivity (Wildman–Crippen MR) is 109 cm³/mol. The molecule has 150 valence electrons. The second-order valence-corrected chi connectivity index (χ2v) is 8.47. The summed E-state index contributed by atoms with van der Waals surface area (Å²) in [6, 6.07) is 16.7. The number of hydrogen-bond donors (Lipinski definition) is 1. The summed E-state index contributed by atoms with van der Waals surface area (Å²) in [6.07, 6.45) is 2.29. The highest BCUT2D eigenvalue weighted by Gasteiger charge is 2.48. The molecular weight excluding hydrogens is 366 g/mol. The third kappa shape index (κ3) is 3.28. The molecule has 5 heteroatoms. The van der Waals surface area contributed by atoms with Crippen LogP contribution < -0.4 is 0 Å². The number of likely N-dealkylation sites (tertiary alicyclic amines) is 1. The van der Waals surface area contributed by atoms with Gasteiger partial charge < -0.3 is 14.7 Å². The molecule has 3 aliphatic rings. The predicted octanol–water partition coefficient (Wildman–Crippen LogP) is 4.37. The number of carboxylic acid groups (broad SMARTS) is 1. The van der Waals surface area contributed by atoms with Gasteiger partial charge in [0.2, 0.25) is 0 Å². The van der Waals surface area contributed by atoms with Gasteiger partial charge in [-0.25, -0.2) is 4.79 Å². The summed E-state index contributed by atoms with van der Waals surface area (Å²) < 4.78 is 5.74. The number of nitrogens with zero attached hydrogens (tertiary/aromatic N) is 1. The number of carboxylic acids is 1. The van der Waals surface area contributed by atoms with Crippen molar-refractivity contribution in [3.8, 4) is 11.1 Å². The van der Waals surface area contributed by atoms with Crippen LogP contribution in [0.4, 0.5) is 4.79 Å². The molecule has 0 bridgehead atoms. The van der Waals surface area contributed by atoms with E-state index in [1.165, 1.54) is 22.3 Å². The molecule has 5 rings (SSSR count). The molecule has 0 spiro atoms. The second kappa shape index (κ2) is 7.21. The van der Waals surface area contributed by atoms with Crippen LogP contribution in [-0.2, 0) is 9.53 Å². The van der Waals surface area contributed by atoms with Crippen molar-refractivity contribution < 1.29 is 19.4 Å². The average molecular weight is 391 g/mol. The maximum Gasteiger partial charge on any atom is 0.409 e. The molecule has 29 heavy (non-hydrogen) atoms. The minimum absolute atomic E-state index is 0.0756. The largest absolute Gasteiger partial charge is 0.481 e. The molecule has 2 aromatic rings. The van der Waals surface area contributed by atoms with Gasteiger partial charge in [-0.15, -0.1) is 0 Å². The first-order valence-electron chi connectivity index (χ1n) is 10.5. The normalized spacial score (nSPS) is 23.4. The van der Waals surface area contributed by atoms with Crippen molar-refractivity contribution >= 4 is 12.1 Å². The van der Waals surface area contributed by atoms with Crippen molar-refractivity contribution in [2.75, 3.05) is 19.7 Å². The topological polar surface area (TPSA) is 66.8 Å². The summed E-state index contributed by atoms with van der Waals surface area (Å²) in [5.41, 5.74) is 4.88. The fourth-order valence-corrected chi connectivity index (χ4v) is 5.22. The number of hydrogen-bond acceptors (Lipinski definition) is 3. The van der Waals surface area contributed by atoms with E-state index in [1.807, 2.05) is 24.3 Å². The molecule has 1 N–H and O–H groups in total. The van der Waals surface area contributed by atoms with Crippen LogP contribution in [0.15, 0.2) is 48.5 Å². The summed E-state index contributed by atoms with van der Waals surface area (Å²) in [7, 11) is 0. The van der Waals surface area contributed by atoms with Gasteiger partial charge >= 0.3 is 12.1 Å². The van der Waals surface area contributed by atoms with E-state index in [0.717, 1.165) is 19.3 Å². The molecule has 0 aromatic heterocycles. The number of benzene rings is 2. The first-order chi connectivity index (χ1) is 14.1. The van der Waals surface area contributed by atoms with Crippen LogP contribution in [0.5, 0.6) is 0 Å². The van der Waals surface area contributed by atoms with Crippen LogP contribution in [0.1, 0.15) is 36.3 Å². The number of piperidine rings is 1. The van der Waals surface area contributed by atoms with Crippen LogP contribution in [0.3, 0.4) is 0 Å². The molecule has 1 saturated carbocycles. The van der Waals surface area contributed by atoms with Crippen LogP contribution >= 0.6 is 0 Å². The standard InChI is InChI=1S/C24H25NO4/c26-23(27)21-13-20(21)15-9-11-25(12-10-15)24(28)29-14-22-18-7-3-1-5-16(18)17-6-2-4-8-19(17)22/h1-8,15,20-22H,9-14H2,(H,26,27). The van der Waals surface area contributed by atoms with Gasteiger partial charge in [-0.1, -0.05) is 48.5 Å². The Bertz CT molecular complexity index is 902.